The molecule has 0 aliphatic carbocycles. The molecule has 9 heteroatoms. The molecule has 1 aliphatic rings. The third-order valence-corrected chi connectivity index (χ3v) is 5.55. The van der Waals surface area contributed by atoms with Crippen LogP contribution in [0.4, 0.5) is 0 Å². The van der Waals surface area contributed by atoms with Crippen LogP contribution in [0.25, 0.3) is 0 Å². The number of ether oxygens (including phenoxy) is 1. The monoisotopic (exact) mass is 324 g/mol. The Kier molecular flexibility index (Phi) is 6.77. The summed E-state index contributed by atoms with van der Waals surface area (Å²) in [6.45, 7) is 1.97. The Hall–Kier alpha value is -0.800. The first-order chi connectivity index (χ1) is 9.34. The number of nitrogens with one attached hydrogen (secondary N) is 1. The van der Waals surface area contributed by atoms with Crippen LogP contribution in [0.3, 0.4) is 0 Å². The van der Waals surface area contributed by atoms with E-state index in [1.54, 1.807) is 6.92 Å². The Morgan fingerprint density at radius 1 is 1.50 bits per heavy atom. The summed E-state index contributed by atoms with van der Waals surface area (Å²) in [5, 5.41) is 2.67. The highest BCUT2D eigenvalue weighted by atomic mass is 32.2. The molecule has 0 radical (unpaired) electrons. The first kappa shape index (κ1) is 17.3. The zero-order chi connectivity index (χ0) is 15.2. The van der Waals surface area contributed by atoms with Gasteiger partial charge < -0.3 is 15.8 Å². The van der Waals surface area contributed by atoms with Crippen LogP contribution in [0.15, 0.2) is 0 Å². The van der Waals surface area contributed by atoms with E-state index < -0.39 is 21.8 Å². The largest absolute Gasteiger partial charge is 0.465 e. The fourth-order valence-electron chi connectivity index (χ4n) is 1.77. The lowest BCUT2D eigenvalue weighted by molar-refractivity contribution is -0.144. The molecule has 0 aromatic rings. The maximum absolute atomic E-state index is 11.6. The standard InChI is InChI=1S/C11H20N2O5S2/c1-2-18-11(15)9(12)5-19-6-10(14)13-8-3-4-20(16,17)7-8/h8-9H,2-7,12H2,1H3,(H,13,14). The van der Waals surface area contributed by atoms with Crippen molar-refractivity contribution in [2.45, 2.75) is 25.4 Å². The number of carbonyl (C=O) groups is 2. The van der Waals surface area contributed by atoms with Crippen LogP contribution in [0.2, 0.25) is 0 Å². The fourth-order valence-corrected chi connectivity index (χ4v) is 4.22. The number of sulfone groups is 1. The molecule has 1 fully saturated rings. The van der Waals surface area contributed by atoms with E-state index in [0.29, 0.717) is 6.42 Å². The van der Waals surface area contributed by atoms with Crippen molar-refractivity contribution in [3.63, 3.8) is 0 Å². The molecule has 2 unspecified atom stereocenters. The van der Waals surface area contributed by atoms with E-state index >= 15 is 0 Å². The van der Waals surface area contributed by atoms with Crippen molar-refractivity contribution in [1.82, 2.24) is 5.32 Å². The molecule has 0 spiro atoms. The molecule has 1 amide bonds. The van der Waals surface area contributed by atoms with Crippen molar-refractivity contribution in [1.29, 1.82) is 0 Å². The maximum atomic E-state index is 11.6. The van der Waals surface area contributed by atoms with Crippen molar-refractivity contribution in [2.24, 2.45) is 5.73 Å². The van der Waals surface area contributed by atoms with E-state index in [0.717, 1.165) is 0 Å². The molecule has 20 heavy (non-hydrogen) atoms. The van der Waals surface area contributed by atoms with Crippen LogP contribution in [0.5, 0.6) is 0 Å². The highest BCUT2D eigenvalue weighted by molar-refractivity contribution is 8.00. The third-order valence-electron chi connectivity index (χ3n) is 2.72. The van der Waals surface area contributed by atoms with Crippen LogP contribution in [0.1, 0.15) is 13.3 Å². The summed E-state index contributed by atoms with van der Waals surface area (Å²) in [6.07, 6.45) is 0.459. The number of nitrogens with two attached hydrogens (primary N) is 1. The minimum atomic E-state index is -3.00. The number of hydrogen-bond acceptors (Lipinski definition) is 7. The molecular weight excluding hydrogens is 304 g/mol. The van der Waals surface area contributed by atoms with Crippen molar-refractivity contribution < 1.29 is 22.7 Å². The van der Waals surface area contributed by atoms with Gasteiger partial charge in [0.15, 0.2) is 9.84 Å². The lowest BCUT2D eigenvalue weighted by Crippen LogP contribution is -2.38. The number of rotatable bonds is 7. The minimum Gasteiger partial charge on any atom is -0.465 e. The molecule has 3 N–H and O–H groups in total. The summed E-state index contributed by atoms with van der Waals surface area (Å²) in [5.74, 6) is -0.167. The highest BCUT2D eigenvalue weighted by Crippen LogP contribution is 2.11. The summed E-state index contributed by atoms with van der Waals surface area (Å²) < 4.78 is 27.2. The average Bonchev–Trinajstić information content (AvgIpc) is 2.68. The molecule has 1 saturated heterocycles. The van der Waals surface area contributed by atoms with Gasteiger partial charge in [0.1, 0.15) is 6.04 Å². The molecule has 0 bridgehead atoms. The SMILES string of the molecule is CCOC(=O)C(N)CSCC(=O)NC1CCS(=O)(=O)C1. The molecule has 1 aliphatic heterocycles. The van der Waals surface area contributed by atoms with E-state index in [-0.39, 0.29) is 41.6 Å². The second kappa shape index (κ2) is 7.84. The smallest absolute Gasteiger partial charge is 0.323 e. The van der Waals surface area contributed by atoms with E-state index in [2.05, 4.69) is 5.32 Å². The van der Waals surface area contributed by atoms with Gasteiger partial charge in [-0.25, -0.2) is 8.42 Å². The normalized spacial score (nSPS) is 22.2. The molecular formula is C11H20N2O5S2. The number of amides is 1. The van der Waals surface area contributed by atoms with Crippen LogP contribution in [-0.4, -0.2) is 62.0 Å². The van der Waals surface area contributed by atoms with Crippen molar-refractivity contribution in [3.8, 4) is 0 Å². The van der Waals surface area contributed by atoms with Gasteiger partial charge in [-0.05, 0) is 13.3 Å². The zero-order valence-electron chi connectivity index (χ0n) is 11.3. The summed E-state index contributed by atoms with van der Waals surface area (Å²) in [5.41, 5.74) is 5.58. The van der Waals surface area contributed by atoms with Crippen LogP contribution >= 0.6 is 11.8 Å². The Labute approximate surface area is 122 Å². The zero-order valence-corrected chi connectivity index (χ0v) is 13.0. The second-order valence-electron chi connectivity index (χ2n) is 4.54. The molecule has 0 saturated carbocycles. The molecule has 1 heterocycles. The highest BCUT2D eigenvalue weighted by Gasteiger charge is 2.28. The fraction of sp³-hybridized carbons (Fsp3) is 0.818. The maximum Gasteiger partial charge on any atom is 0.323 e. The lowest BCUT2D eigenvalue weighted by atomic mass is 10.3. The molecule has 116 valence electrons. The van der Waals surface area contributed by atoms with E-state index in [9.17, 15) is 18.0 Å². The number of esters is 1. The predicted octanol–water partition coefficient (Wildman–Crippen LogP) is -1.09. The first-order valence-corrected chi connectivity index (χ1v) is 9.31. The molecule has 2 atom stereocenters. The van der Waals surface area contributed by atoms with E-state index in [1.807, 2.05) is 0 Å². The van der Waals surface area contributed by atoms with Gasteiger partial charge in [-0.1, -0.05) is 0 Å². The van der Waals surface area contributed by atoms with E-state index in [4.69, 9.17) is 10.5 Å². The van der Waals surface area contributed by atoms with Gasteiger partial charge in [-0.3, -0.25) is 9.59 Å². The first-order valence-electron chi connectivity index (χ1n) is 6.34. The van der Waals surface area contributed by atoms with Crippen molar-refractivity contribution in [2.75, 3.05) is 29.6 Å². The summed E-state index contributed by atoms with van der Waals surface area (Å²) in [7, 11) is -3.00. The minimum absolute atomic E-state index is 0.00570. The third kappa shape index (κ3) is 6.10. The van der Waals surface area contributed by atoms with Crippen LogP contribution in [-0.2, 0) is 24.2 Å². The Bertz CT molecular complexity index is 452. The van der Waals surface area contributed by atoms with Gasteiger partial charge >= 0.3 is 5.97 Å². The topological polar surface area (TPSA) is 116 Å². The van der Waals surface area contributed by atoms with Gasteiger partial charge in [0.05, 0.1) is 23.9 Å². The number of thioether (sulfide) groups is 1. The predicted molar refractivity (Wildman–Crippen MR) is 77.1 cm³/mol. The molecule has 0 aromatic heterocycles. The Morgan fingerprint density at radius 3 is 2.75 bits per heavy atom. The van der Waals surface area contributed by atoms with Gasteiger partial charge in [-0.15, -0.1) is 11.8 Å². The Balaban J connectivity index is 2.19. The van der Waals surface area contributed by atoms with Crippen LogP contribution in [0, 0.1) is 0 Å². The molecule has 1 rings (SSSR count). The lowest BCUT2D eigenvalue weighted by Gasteiger charge is -2.12. The van der Waals surface area contributed by atoms with Crippen molar-refractivity contribution in [3.05, 3.63) is 0 Å². The van der Waals surface area contributed by atoms with Gasteiger partial charge in [0, 0.05) is 11.8 Å². The summed E-state index contributed by atoms with van der Waals surface area (Å²) in [4.78, 5) is 22.8. The molecule has 0 aromatic carbocycles. The van der Waals surface area contributed by atoms with E-state index in [1.165, 1.54) is 11.8 Å². The summed E-state index contributed by atoms with van der Waals surface area (Å²) >= 11 is 1.22. The van der Waals surface area contributed by atoms with Crippen molar-refractivity contribution >= 4 is 33.5 Å². The van der Waals surface area contributed by atoms with Crippen LogP contribution < -0.4 is 11.1 Å². The van der Waals surface area contributed by atoms with Gasteiger partial charge in [0.25, 0.3) is 0 Å². The quantitative estimate of drug-likeness (QED) is 0.572. The van der Waals surface area contributed by atoms with Gasteiger partial charge in [-0.2, -0.15) is 0 Å². The van der Waals surface area contributed by atoms with Gasteiger partial charge in [0.2, 0.25) is 5.91 Å². The average molecular weight is 324 g/mol. The Morgan fingerprint density at radius 2 is 2.20 bits per heavy atom. The summed E-state index contributed by atoms with van der Waals surface area (Å²) in [6, 6.07) is -1.05. The number of hydrogen-bond donors (Lipinski definition) is 2. The number of carbonyl (C=O) groups excluding carboxylic acids is 2. The second-order valence-corrected chi connectivity index (χ2v) is 7.80. The molecule has 7 nitrogen and oxygen atoms in total.